The van der Waals surface area contributed by atoms with Crippen molar-refractivity contribution in [3.63, 3.8) is 0 Å². The van der Waals surface area contributed by atoms with Gasteiger partial charge in [0.2, 0.25) is 0 Å². The van der Waals surface area contributed by atoms with E-state index in [0.717, 1.165) is 0 Å². The number of ether oxygens (including phenoxy) is 1. The molecule has 8 nitrogen and oxygen atoms in total. The molecule has 1 aromatic heterocycles. The smallest absolute Gasteiger partial charge is 0.284 e. The van der Waals surface area contributed by atoms with Gasteiger partial charge in [-0.25, -0.2) is 0 Å². The average molecular weight is 403 g/mol. The number of nitro benzene ring substituents is 1. The van der Waals surface area contributed by atoms with Crippen LogP contribution in [0.25, 0.3) is 17.4 Å². The number of carbonyl (C=O) groups excluding carboxylic acids is 1. The highest BCUT2D eigenvalue weighted by Crippen LogP contribution is 2.35. The number of nitro groups is 1. The first-order valence-electron chi connectivity index (χ1n) is 9.07. The SMILES string of the molecule is COc1ccc(-c2ccc(C=C3C(=O)N(c4ccccc4)N=C3C)o2)c([N+](=O)[O-])c1. The second kappa shape index (κ2) is 7.67. The standard InChI is InChI=1S/C22H17N3O5/c1-14-19(22(26)24(23-14)15-6-4-3-5-7-15)12-17-9-11-21(30-17)18-10-8-16(29-2)13-20(18)25(27)28/h3-13H,1-2H3. The van der Waals surface area contributed by atoms with Gasteiger partial charge in [-0.2, -0.15) is 10.1 Å². The molecule has 0 N–H and O–H groups in total. The number of nitrogens with zero attached hydrogens (tertiary/aromatic N) is 3. The van der Waals surface area contributed by atoms with Crippen molar-refractivity contribution in [3.8, 4) is 17.1 Å². The van der Waals surface area contributed by atoms with Crippen molar-refractivity contribution >= 4 is 29.1 Å². The zero-order valence-electron chi connectivity index (χ0n) is 16.2. The molecule has 0 fully saturated rings. The van der Waals surface area contributed by atoms with E-state index in [1.807, 2.05) is 18.2 Å². The zero-order valence-corrected chi connectivity index (χ0v) is 16.2. The number of para-hydroxylation sites is 1. The number of benzene rings is 2. The molecule has 2 aromatic carbocycles. The second-order valence-corrected chi connectivity index (χ2v) is 6.54. The van der Waals surface area contributed by atoms with E-state index in [2.05, 4.69) is 5.10 Å². The number of carbonyl (C=O) groups is 1. The lowest BCUT2D eigenvalue weighted by Crippen LogP contribution is -2.21. The van der Waals surface area contributed by atoms with Gasteiger partial charge in [0.1, 0.15) is 17.3 Å². The zero-order chi connectivity index (χ0) is 21.3. The van der Waals surface area contributed by atoms with E-state index in [4.69, 9.17) is 9.15 Å². The third-order valence-electron chi connectivity index (χ3n) is 4.64. The van der Waals surface area contributed by atoms with Crippen LogP contribution in [0.3, 0.4) is 0 Å². The lowest BCUT2D eigenvalue weighted by atomic mass is 10.1. The molecule has 0 saturated carbocycles. The monoisotopic (exact) mass is 403 g/mol. The van der Waals surface area contributed by atoms with Gasteiger partial charge in [-0.05, 0) is 49.4 Å². The van der Waals surface area contributed by atoms with E-state index in [-0.39, 0.29) is 11.6 Å². The third kappa shape index (κ3) is 3.46. The molecular formula is C22H17N3O5. The fraction of sp³-hybridized carbons (Fsp3) is 0.0909. The highest BCUT2D eigenvalue weighted by molar-refractivity contribution is 6.32. The van der Waals surface area contributed by atoms with Crippen LogP contribution in [0.1, 0.15) is 12.7 Å². The first-order valence-corrected chi connectivity index (χ1v) is 9.07. The van der Waals surface area contributed by atoms with E-state index >= 15 is 0 Å². The Hall–Kier alpha value is -4.20. The number of hydrazone groups is 1. The molecule has 8 heteroatoms. The van der Waals surface area contributed by atoms with Gasteiger partial charge in [-0.3, -0.25) is 14.9 Å². The summed E-state index contributed by atoms with van der Waals surface area (Å²) in [6.45, 7) is 1.74. The van der Waals surface area contributed by atoms with Crippen molar-refractivity contribution in [2.24, 2.45) is 5.10 Å². The molecule has 0 spiro atoms. The van der Waals surface area contributed by atoms with Crippen molar-refractivity contribution < 1.29 is 18.9 Å². The Morgan fingerprint density at radius 2 is 1.90 bits per heavy atom. The van der Waals surface area contributed by atoms with Crippen molar-refractivity contribution in [2.45, 2.75) is 6.92 Å². The van der Waals surface area contributed by atoms with Gasteiger partial charge in [0, 0.05) is 0 Å². The second-order valence-electron chi connectivity index (χ2n) is 6.54. The molecule has 0 atom stereocenters. The summed E-state index contributed by atoms with van der Waals surface area (Å²) in [5.41, 5.74) is 1.80. The summed E-state index contributed by atoms with van der Waals surface area (Å²) in [6.07, 6.45) is 1.59. The Morgan fingerprint density at radius 1 is 1.13 bits per heavy atom. The number of methoxy groups -OCH3 is 1. The predicted molar refractivity (Wildman–Crippen MR) is 112 cm³/mol. The molecule has 1 aliphatic rings. The average Bonchev–Trinajstić information content (AvgIpc) is 3.34. The van der Waals surface area contributed by atoms with Crippen LogP contribution in [0.2, 0.25) is 0 Å². The van der Waals surface area contributed by atoms with Gasteiger partial charge in [-0.15, -0.1) is 0 Å². The third-order valence-corrected chi connectivity index (χ3v) is 4.64. The van der Waals surface area contributed by atoms with Crippen LogP contribution in [-0.2, 0) is 4.79 Å². The highest BCUT2D eigenvalue weighted by atomic mass is 16.6. The van der Waals surface area contributed by atoms with Crippen molar-refractivity contribution in [3.05, 3.63) is 82.1 Å². The Balaban J connectivity index is 1.66. The number of furan rings is 1. The van der Waals surface area contributed by atoms with Crippen molar-refractivity contribution in [2.75, 3.05) is 12.1 Å². The molecule has 30 heavy (non-hydrogen) atoms. The van der Waals surface area contributed by atoms with E-state index in [1.54, 1.807) is 49.4 Å². The number of hydrogen-bond acceptors (Lipinski definition) is 6. The fourth-order valence-corrected chi connectivity index (χ4v) is 3.14. The summed E-state index contributed by atoms with van der Waals surface area (Å²) in [5.74, 6) is 0.815. The van der Waals surface area contributed by atoms with Gasteiger partial charge in [-0.1, -0.05) is 18.2 Å². The molecule has 1 aliphatic heterocycles. The molecule has 0 radical (unpaired) electrons. The van der Waals surface area contributed by atoms with Crippen LogP contribution >= 0.6 is 0 Å². The molecule has 150 valence electrons. The number of rotatable bonds is 5. The lowest BCUT2D eigenvalue weighted by Gasteiger charge is -2.10. The number of amides is 1. The molecule has 1 amide bonds. The topological polar surface area (TPSA) is 98.2 Å². The normalized spacial score (nSPS) is 14.9. The predicted octanol–water partition coefficient (Wildman–Crippen LogP) is 4.67. The quantitative estimate of drug-likeness (QED) is 0.350. The molecule has 0 bridgehead atoms. The van der Waals surface area contributed by atoms with Crippen LogP contribution in [0, 0.1) is 10.1 Å². The van der Waals surface area contributed by atoms with Crippen LogP contribution in [-0.4, -0.2) is 23.7 Å². The van der Waals surface area contributed by atoms with Crippen LogP contribution in [0.4, 0.5) is 11.4 Å². The van der Waals surface area contributed by atoms with Crippen LogP contribution < -0.4 is 9.75 Å². The van der Waals surface area contributed by atoms with E-state index < -0.39 is 4.92 Å². The van der Waals surface area contributed by atoms with E-state index in [0.29, 0.717) is 39.8 Å². The first kappa shape index (κ1) is 19.1. The summed E-state index contributed by atoms with van der Waals surface area (Å²) in [6, 6.07) is 16.9. The Kier molecular flexibility index (Phi) is 4.89. The van der Waals surface area contributed by atoms with E-state index in [9.17, 15) is 14.9 Å². The van der Waals surface area contributed by atoms with E-state index in [1.165, 1.54) is 18.2 Å². The molecular weight excluding hydrogens is 386 g/mol. The lowest BCUT2D eigenvalue weighted by molar-refractivity contribution is -0.384. The maximum Gasteiger partial charge on any atom is 0.284 e. The largest absolute Gasteiger partial charge is 0.497 e. The summed E-state index contributed by atoms with van der Waals surface area (Å²) in [5, 5.41) is 17.1. The van der Waals surface area contributed by atoms with Crippen LogP contribution in [0.15, 0.2) is 75.8 Å². The summed E-state index contributed by atoms with van der Waals surface area (Å²) < 4.78 is 10.8. The van der Waals surface area contributed by atoms with Crippen molar-refractivity contribution in [1.29, 1.82) is 0 Å². The fourth-order valence-electron chi connectivity index (χ4n) is 3.14. The minimum absolute atomic E-state index is 0.132. The minimum atomic E-state index is -0.493. The number of anilines is 1. The molecule has 0 aliphatic carbocycles. The Bertz CT molecular complexity index is 1190. The van der Waals surface area contributed by atoms with Gasteiger partial charge in [0.15, 0.2) is 0 Å². The maximum atomic E-state index is 12.8. The summed E-state index contributed by atoms with van der Waals surface area (Å²) in [4.78, 5) is 23.8. The van der Waals surface area contributed by atoms with Gasteiger partial charge < -0.3 is 9.15 Å². The minimum Gasteiger partial charge on any atom is -0.497 e. The number of hydrogen-bond donors (Lipinski definition) is 0. The maximum absolute atomic E-state index is 12.8. The first-order chi connectivity index (χ1) is 14.5. The van der Waals surface area contributed by atoms with Crippen LogP contribution in [0.5, 0.6) is 5.75 Å². The summed E-state index contributed by atoms with van der Waals surface area (Å²) in [7, 11) is 1.44. The molecule has 4 rings (SSSR count). The molecule has 2 heterocycles. The van der Waals surface area contributed by atoms with Gasteiger partial charge in [0.05, 0.1) is 40.6 Å². The summed E-state index contributed by atoms with van der Waals surface area (Å²) >= 11 is 0. The van der Waals surface area contributed by atoms with Gasteiger partial charge in [0.25, 0.3) is 11.6 Å². The van der Waals surface area contributed by atoms with Gasteiger partial charge >= 0.3 is 0 Å². The molecule has 3 aromatic rings. The van der Waals surface area contributed by atoms with Crippen molar-refractivity contribution in [1.82, 2.24) is 0 Å². The Labute approximate surface area is 171 Å². The highest BCUT2D eigenvalue weighted by Gasteiger charge is 2.29. The molecule has 0 saturated heterocycles. The molecule has 0 unspecified atom stereocenters. The Morgan fingerprint density at radius 3 is 2.60 bits per heavy atom.